The van der Waals surface area contributed by atoms with Crippen LogP contribution in [0.3, 0.4) is 0 Å². The summed E-state index contributed by atoms with van der Waals surface area (Å²) >= 11 is 0. The Bertz CT molecular complexity index is 195. The highest BCUT2D eigenvalue weighted by atomic mass is 15.2. The number of rotatable bonds is 7. The van der Waals surface area contributed by atoms with Gasteiger partial charge in [0.25, 0.3) is 0 Å². The molecule has 0 amide bonds. The summed E-state index contributed by atoms with van der Waals surface area (Å²) in [6.45, 7) is 12.7. The van der Waals surface area contributed by atoms with Crippen molar-refractivity contribution in [1.82, 2.24) is 10.2 Å². The molecule has 2 heteroatoms. The average molecular weight is 240 g/mol. The fourth-order valence-corrected chi connectivity index (χ4v) is 2.71. The van der Waals surface area contributed by atoms with E-state index in [1.165, 1.54) is 51.6 Å². The molecule has 0 aromatic heterocycles. The minimum atomic E-state index is 0.298. The molecule has 1 fully saturated rings. The van der Waals surface area contributed by atoms with Crippen LogP contribution in [0.1, 0.15) is 66.2 Å². The maximum atomic E-state index is 3.67. The fourth-order valence-electron chi connectivity index (χ4n) is 2.71. The van der Waals surface area contributed by atoms with E-state index in [2.05, 4.69) is 37.9 Å². The Balaban J connectivity index is 2.26. The number of hydrogen-bond acceptors (Lipinski definition) is 2. The Morgan fingerprint density at radius 3 is 2.29 bits per heavy atom. The van der Waals surface area contributed by atoms with E-state index in [0.717, 1.165) is 12.6 Å². The molecule has 0 aromatic carbocycles. The van der Waals surface area contributed by atoms with Crippen LogP contribution in [0.4, 0.5) is 0 Å². The van der Waals surface area contributed by atoms with Crippen LogP contribution in [0.15, 0.2) is 0 Å². The maximum Gasteiger partial charge on any atom is 0.0123 e. The molecule has 1 rings (SSSR count). The van der Waals surface area contributed by atoms with Crippen molar-refractivity contribution in [3.8, 4) is 0 Å². The van der Waals surface area contributed by atoms with Crippen LogP contribution in [0.25, 0.3) is 0 Å². The smallest absolute Gasteiger partial charge is 0.0123 e. The molecule has 1 saturated carbocycles. The normalized spacial score (nSPS) is 18.9. The van der Waals surface area contributed by atoms with E-state index in [9.17, 15) is 0 Å². The molecule has 17 heavy (non-hydrogen) atoms. The van der Waals surface area contributed by atoms with Gasteiger partial charge in [0.05, 0.1) is 0 Å². The van der Waals surface area contributed by atoms with Crippen LogP contribution in [-0.4, -0.2) is 36.1 Å². The molecule has 2 nitrogen and oxygen atoms in total. The van der Waals surface area contributed by atoms with E-state index in [0.29, 0.717) is 5.54 Å². The first-order valence-corrected chi connectivity index (χ1v) is 7.58. The van der Waals surface area contributed by atoms with Crippen LogP contribution in [-0.2, 0) is 0 Å². The number of nitrogens with zero attached hydrogens (tertiary/aromatic N) is 1. The topological polar surface area (TPSA) is 15.3 Å². The van der Waals surface area contributed by atoms with Gasteiger partial charge in [-0.15, -0.1) is 0 Å². The second kappa shape index (κ2) is 7.38. The standard InChI is InChI=1S/C15H32N2/c1-5-15(3,4)16-12-13-17(6-2)14-10-8-7-9-11-14/h14,16H,5-13H2,1-4H3. The van der Waals surface area contributed by atoms with Gasteiger partial charge < -0.3 is 5.32 Å². The highest BCUT2D eigenvalue weighted by molar-refractivity contribution is 4.79. The van der Waals surface area contributed by atoms with E-state index in [4.69, 9.17) is 0 Å². The molecule has 0 saturated heterocycles. The Labute approximate surface area is 108 Å². The van der Waals surface area contributed by atoms with Gasteiger partial charge in [0, 0.05) is 24.7 Å². The summed E-state index contributed by atoms with van der Waals surface area (Å²) in [7, 11) is 0. The Kier molecular flexibility index (Phi) is 6.50. The zero-order valence-corrected chi connectivity index (χ0v) is 12.4. The van der Waals surface area contributed by atoms with E-state index in [-0.39, 0.29) is 0 Å². The first-order valence-electron chi connectivity index (χ1n) is 7.58. The summed E-state index contributed by atoms with van der Waals surface area (Å²) in [5.41, 5.74) is 0.298. The van der Waals surface area contributed by atoms with Gasteiger partial charge in [-0.05, 0) is 39.7 Å². The summed E-state index contributed by atoms with van der Waals surface area (Å²) < 4.78 is 0. The molecular formula is C15H32N2. The van der Waals surface area contributed by atoms with E-state index in [1.807, 2.05) is 0 Å². The molecule has 0 bridgehead atoms. The molecule has 1 N–H and O–H groups in total. The second-order valence-corrected chi connectivity index (χ2v) is 6.08. The summed E-state index contributed by atoms with van der Waals surface area (Å²) in [6.07, 6.45) is 8.37. The molecule has 0 radical (unpaired) electrons. The SMILES string of the molecule is CCN(CCNC(C)(C)CC)C1CCCCC1. The van der Waals surface area contributed by atoms with Crippen LogP contribution in [0.5, 0.6) is 0 Å². The average Bonchev–Trinajstić information content (AvgIpc) is 2.36. The molecule has 0 aliphatic heterocycles. The number of hydrogen-bond donors (Lipinski definition) is 1. The quantitative estimate of drug-likeness (QED) is 0.733. The van der Waals surface area contributed by atoms with Crippen LogP contribution in [0.2, 0.25) is 0 Å². The van der Waals surface area contributed by atoms with Crippen molar-refractivity contribution in [1.29, 1.82) is 0 Å². The zero-order chi connectivity index (χ0) is 12.7. The van der Waals surface area contributed by atoms with Gasteiger partial charge in [0.15, 0.2) is 0 Å². The van der Waals surface area contributed by atoms with Crippen LogP contribution >= 0.6 is 0 Å². The third-order valence-electron chi connectivity index (χ3n) is 4.38. The molecule has 1 aliphatic carbocycles. The van der Waals surface area contributed by atoms with Crippen molar-refractivity contribution in [3.05, 3.63) is 0 Å². The molecule has 0 atom stereocenters. The highest BCUT2D eigenvalue weighted by Gasteiger charge is 2.20. The highest BCUT2D eigenvalue weighted by Crippen LogP contribution is 2.22. The summed E-state index contributed by atoms with van der Waals surface area (Å²) in [5.74, 6) is 0. The third kappa shape index (κ3) is 5.39. The Morgan fingerprint density at radius 1 is 1.12 bits per heavy atom. The Morgan fingerprint density at radius 2 is 1.76 bits per heavy atom. The molecule has 1 aliphatic rings. The third-order valence-corrected chi connectivity index (χ3v) is 4.38. The van der Waals surface area contributed by atoms with Gasteiger partial charge in [0.2, 0.25) is 0 Å². The number of likely N-dealkylation sites (N-methyl/N-ethyl adjacent to an activating group) is 1. The second-order valence-electron chi connectivity index (χ2n) is 6.08. The molecular weight excluding hydrogens is 208 g/mol. The lowest BCUT2D eigenvalue weighted by molar-refractivity contribution is 0.159. The van der Waals surface area contributed by atoms with E-state index < -0.39 is 0 Å². The van der Waals surface area contributed by atoms with Crippen molar-refractivity contribution in [2.45, 2.75) is 77.8 Å². The zero-order valence-electron chi connectivity index (χ0n) is 12.4. The van der Waals surface area contributed by atoms with Crippen molar-refractivity contribution in [2.75, 3.05) is 19.6 Å². The lowest BCUT2D eigenvalue weighted by Gasteiger charge is -2.34. The van der Waals surface area contributed by atoms with Gasteiger partial charge >= 0.3 is 0 Å². The van der Waals surface area contributed by atoms with Crippen molar-refractivity contribution < 1.29 is 0 Å². The molecule has 0 unspecified atom stereocenters. The van der Waals surface area contributed by atoms with E-state index in [1.54, 1.807) is 0 Å². The lowest BCUT2D eigenvalue weighted by atomic mass is 9.94. The van der Waals surface area contributed by atoms with Crippen molar-refractivity contribution >= 4 is 0 Å². The summed E-state index contributed by atoms with van der Waals surface area (Å²) in [6, 6.07) is 0.861. The fraction of sp³-hybridized carbons (Fsp3) is 1.00. The van der Waals surface area contributed by atoms with Crippen LogP contribution in [0, 0.1) is 0 Å². The lowest BCUT2D eigenvalue weighted by Crippen LogP contribution is -2.46. The monoisotopic (exact) mass is 240 g/mol. The first kappa shape index (κ1) is 15.0. The molecule has 0 aromatic rings. The van der Waals surface area contributed by atoms with Gasteiger partial charge in [-0.2, -0.15) is 0 Å². The van der Waals surface area contributed by atoms with Crippen molar-refractivity contribution in [2.24, 2.45) is 0 Å². The van der Waals surface area contributed by atoms with Gasteiger partial charge in [-0.3, -0.25) is 4.90 Å². The summed E-state index contributed by atoms with van der Waals surface area (Å²) in [4.78, 5) is 2.68. The predicted molar refractivity (Wildman–Crippen MR) is 76.5 cm³/mol. The molecule has 0 spiro atoms. The van der Waals surface area contributed by atoms with E-state index >= 15 is 0 Å². The number of nitrogens with one attached hydrogen (secondary N) is 1. The minimum absolute atomic E-state index is 0.298. The maximum absolute atomic E-state index is 3.67. The summed E-state index contributed by atoms with van der Waals surface area (Å²) in [5, 5.41) is 3.67. The predicted octanol–water partition coefficient (Wildman–Crippen LogP) is 3.42. The van der Waals surface area contributed by atoms with Crippen molar-refractivity contribution in [3.63, 3.8) is 0 Å². The minimum Gasteiger partial charge on any atom is -0.311 e. The molecule has 102 valence electrons. The molecule has 0 heterocycles. The largest absolute Gasteiger partial charge is 0.311 e. The van der Waals surface area contributed by atoms with Gasteiger partial charge in [-0.1, -0.05) is 33.1 Å². The first-order chi connectivity index (χ1) is 8.09. The van der Waals surface area contributed by atoms with Gasteiger partial charge in [-0.25, -0.2) is 0 Å². The Hall–Kier alpha value is -0.0800. The van der Waals surface area contributed by atoms with Crippen LogP contribution < -0.4 is 5.32 Å². The van der Waals surface area contributed by atoms with Gasteiger partial charge in [0.1, 0.15) is 0 Å².